The average molecular weight is 449 g/mol. The number of aliphatic imine (C=N–C) groups is 1. The van der Waals surface area contributed by atoms with E-state index in [9.17, 15) is 0 Å². The number of furan rings is 1. The molecule has 2 rings (SSSR count). The largest absolute Gasteiger partial charge is 0.469 e. The molecule has 0 spiro atoms. The Kier molecular flexibility index (Phi) is 11.1. The van der Waals surface area contributed by atoms with Crippen LogP contribution in [-0.2, 0) is 6.42 Å². The third-order valence-corrected chi connectivity index (χ3v) is 4.09. The van der Waals surface area contributed by atoms with Crippen LogP contribution >= 0.6 is 24.0 Å². The van der Waals surface area contributed by atoms with E-state index < -0.39 is 0 Å². The summed E-state index contributed by atoms with van der Waals surface area (Å²) in [6.07, 6.45) is 3.84. The molecule has 0 aromatic carbocycles. The highest BCUT2D eigenvalue weighted by Gasteiger charge is 2.11. The molecule has 2 heterocycles. The molecule has 6 nitrogen and oxygen atoms in total. The molecule has 0 saturated carbocycles. The van der Waals surface area contributed by atoms with Gasteiger partial charge in [0, 0.05) is 39.1 Å². The molecule has 138 valence electrons. The van der Waals surface area contributed by atoms with E-state index in [2.05, 4.69) is 39.4 Å². The van der Waals surface area contributed by atoms with Gasteiger partial charge in [-0.3, -0.25) is 4.99 Å². The van der Waals surface area contributed by atoms with E-state index >= 15 is 0 Å². The van der Waals surface area contributed by atoms with Crippen molar-refractivity contribution in [3.8, 4) is 0 Å². The minimum absolute atomic E-state index is 0. The van der Waals surface area contributed by atoms with Crippen molar-refractivity contribution in [1.82, 2.24) is 20.4 Å². The van der Waals surface area contributed by atoms with E-state index in [4.69, 9.17) is 4.42 Å². The Hall–Kier alpha value is -0.800. The average Bonchev–Trinajstić information content (AvgIpc) is 2.97. The van der Waals surface area contributed by atoms with Gasteiger partial charge in [-0.15, -0.1) is 24.0 Å². The third kappa shape index (κ3) is 8.34. The summed E-state index contributed by atoms with van der Waals surface area (Å²) >= 11 is 0. The number of nitrogens with zero attached hydrogens (tertiary/aromatic N) is 3. The van der Waals surface area contributed by atoms with Gasteiger partial charge in [-0.1, -0.05) is 0 Å². The summed E-state index contributed by atoms with van der Waals surface area (Å²) in [5, 5.41) is 6.67. The SMILES string of the molecule is CCNC(=NCCN1CCCN(C)CC1)NCCc1ccco1.I. The molecule has 1 aliphatic rings. The lowest BCUT2D eigenvalue weighted by Crippen LogP contribution is -2.39. The molecule has 1 aliphatic heterocycles. The smallest absolute Gasteiger partial charge is 0.191 e. The van der Waals surface area contributed by atoms with E-state index in [0.717, 1.165) is 57.4 Å². The van der Waals surface area contributed by atoms with Crippen molar-refractivity contribution in [2.24, 2.45) is 4.99 Å². The molecule has 0 unspecified atom stereocenters. The van der Waals surface area contributed by atoms with Gasteiger partial charge in [-0.2, -0.15) is 0 Å². The zero-order valence-corrected chi connectivity index (χ0v) is 17.3. The number of hydrogen-bond donors (Lipinski definition) is 2. The van der Waals surface area contributed by atoms with Crippen molar-refractivity contribution in [1.29, 1.82) is 0 Å². The Labute approximate surface area is 163 Å². The van der Waals surface area contributed by atoms with Crippen LogP contribution in [0.25, 0.3) is 0 Å². The fourth-order valence-corrected chi connectivity index (χ4v) is 2.73. The lowest BCUT2D eigenvalue weighted by Gasteiger charge is -2.19. The van der Waals surface area contributed by atoms with Crippen molar-refractivity contribution >= 4 is 29.9 Å². The number of likely N-dealkylation sites (N-methyl/N-ethyl adjacent to an activating group) is 1. The number of nitrogens with one attached hydrogen (secondary N) is 2. The van der Waals surface area contributed by atoms with Crippen molar-refractivity contribution in [3.05, 3.63) is 24.2 Å². The summed E-state index contributed by atoms with van der Waals surface area (Å²) in [5.41, 5.74) is 0. The lowest BCUT2D eigenvalue weighted by molar-refractivity contribution is 0.283. The summed E-state index contributed by atoms with van der Waals surface area (Å²) in [7, 11) is 2.20. The molecule has 0 amide bonds. The summed E-state index contributed by atoms with van der Waals surface area (Å²) in [6.45, 7) is 10.4. The van der Waals surface area contributed by atoms with Crippen LogP contribution in [0, 0.1) is 0 Å². The van der Waals surface area contributed by atoms with Crippen LogP contribution in [0.2, 0.25) is 0 Å². The summed E-state index contributed by atoms with van der Waals surface area (Å²) < 4.78 is 5.35. The molecule has 24 heavy (non-hydrogen) atoms. The number of guanidine groups is 1. The fourth-order valence-electron chi connectivity index (χ4n) is 2.73. The van der Waals surface area contributed by atoms with Gasteiger partial charge >= 0.3 is 0 Å². The first-order chi connectivity index (χ1) is 11.3. The van der Waals surface area contributed by atoms with Gasteiger partial charge < -0.3 is 24.9 Å². The maximum absolute atomic E-state index is 5.35. The first kappa shape index (κ1) is 21.2. The molecule has 2 N–H and O–H groups in total. The maximum Gasteiger partial charge on any atom is 0.191 e. The van der Waals surface area contributed by atoms with Crippen molar-refractivity contribution in [3.63, 3.8) is 0 Å². The van der Waals surface area contributed by atoms with Gasteiger partial charge in [0.15, 0.2) is 5.96 Å². The molecular formula is C17H32IN5O. The molecule has 1 saturated heterocycles. The Bertz CT molecular complexity index is 452. The molecule has 0 atom stereocenters. The lowest BCUT2D eigenvalue weighted by atomic mass is 10.3. The van der Waals surface area contributed by atoms with Crippen LogP contribution in [-0.4, -0.2) is 75.2 Å². The Morgan fingerprint density at radius 2 is 2.12 bits per heavy atom. The van der Waals surface area contributed by atoms with Crippen LogP contribution in [0.1, 0.15) is 19.1 Å². The third-order valence-electron chi connectivity index (χ3n) is 4.09. The number of rotatable bonds is 7. The Morgan fingerprint density at radius 1 is 1.25 bits per heavy atom. The monoisotopic (exact) mass is 449 g/mol. The Balaban J connectivity index is 0.00000288. The number of halogens is 1. The van der Waals surface area contributed by atoms with Gasteiger partial charge in [-0.25, -0.2) is 0 Å². The van der Waals surface area contributed by atoms with Crippen LogP contribution in [0.3, 0.4) is 0 Å². The topological polar surface area (TPSA) is 56.0 Å². The predicted molar refractivity (Wildman–Crippen MR) is 110 cm³/mol. The van der Waals surface area contributed by atoms with E-state index in [-0.39, 0.29) is 24.0 Å². The molecule has 1 aromatic heterocycles. The summed E-state index contributed by atoms with van der Waals surface area (Å²) in [5.74, 6) is 1.90. The molecule has 1 aromatic rings. The van der Waals surface area contributed by atoms with Crippen molar-refractivity contribution in [2.45, 2.75) is 19.8 Å². The van der Waals surface area contributed by atoms with E-state index in [0.29, 0.717) is 0 Å². The first-order valence-electron chi connectivity index (χ1n) is 8.73. The second kappa shape index (κ2) is 12.5. The molecular weight excluding hydrogens is 417 g/mol. The minimum Gasteiger partial charge on any atom is -0.469 e. The second-order valence-corrected chi connectivity index (χ2v) is 6.02. The van der Waals surface area contributed by atoms with E-state index in [1.165, 1.54) is 19.5 Å². The Morgan fingerprint density at radius 3 is 2.88 bits per heavy atom. The predicted octanol–water partition coefficient (Wildman–Crippen LogP) is 1.63. The first-order valence-corrected chi connectivity index (χ1v) is 8.73. The van der Waals surface area contributed by atoms with Crippen LogP contribution in [0.5, 0.6) is 0 Å². The zero-order valence-electron chi connectivity index (χ0n) is 15.0. The molecule has 1 fully saturated rings. The number of hydrogen-bond acceptors (Lipinski definition) is 4. The highest BCUT2D eigenvalue weighted by atomic mass is 127. The highest BCUT2D eigenvalue weighted by molar-refractivity contribution is 14.0. The summed E-state index contributed by atoms with van der Waals surface area (Å²) in [6, 6.07) is 3.93. The van der Waals surface area contributed by atoms with Gasteiger partial charge in [0.05, 0.1) is 12.8 Å². The standard InChI is InChI=1S/C17H31N5O.HI/c1-3-18-17(19-8-7-16-6-4-15-23-16)20-9-12-22-11-5-10-21(2)13-14-22;/h4,6,15H,3,5,7-14H2,1-2H3,(H2,18,19,20);1H. The van der Waals surface area contributed by atoms with Gasteiger partial charge in [0.1, 0.15) is 5.76 Å². The molecule has 7 heteroatoms. The molecule has 0 radical (unpaired) electrons. The molecule has 0 aliphatic carbocycles. The fraction of sp³-hybridized carbons (Fsp3) is 0.706. The van der Waals surface area contributed by atoms with Gasteiger partial charge in [0.2, 0.25) is 0 Å². The van der Waals surface area contributed by atoms with Crippen LogP contribution < -0.4 is 10.6 Å². The van der Waals surface area contributed by atoms with Gasteiger partial charge in [-0.05, 0) is 45.6 Å². The van der Waals surface area contributed by atoms with Crippen molar-refractivity contribution < 1.29 is 4.42 Å². The molecule has 0 bridgehead atoms. The van der Waals surface area contributed by atoms with Crippen LogP contribution in [0.4, 0.5) is 0 Å². The van der Waals surface area contributed by atoms with E-state index in [1.807, 2.05) is 12.1 Å². The highest BCUT2D eigenvalue weighted by Crippen LogP contribution is 2.01. The maximum atomic E-state index is 5.35. The summed E-state index contributed by atoms with van der Waals surface area (Å²) in [4.78, 5) is 9.60. The van der Waals surface area contributed by atoms with Gasteiger partial charge in [0.25, 0.3) is 0 Å². The van der Waals surface area contributed by atoms with Crippen molar-refractivity contribution in [2.75, 3.05) is 59.4 Å². The normalized spacial score (nSPS) is 17.2. The minimum atomic E-state index is 0. The quantitative estimate of drug-likeness (QED) is 0.377. The zero-order chi connectivity index (χ0) is 16.3. The van der Waals surface area contributed by atoms with Crippen LogP contribution in [0.15, 0.2) is 27.8 Å². The second-order valence-electron chi connectivity index (χ2n) is 6.02. The van der Waals surface area contributed by atoms with E-state index in [1.54, 1.807) is 6.26 Å².